The first kappa shape index (κ1) is 12.9. The van der Waals surface area contributed by atoms with Crippen LogP contribution in [0.25, 0.3) is 0 Å². The van der Waals surface area contributed by atoms with E-state index in [9.17, 15) is 0 Å². The van der Waals surface area contributed by atoms with Crippen molar-refractivity contribution >= 4 is 0 Å². The van der Waals surface area contributed by atoms with E-state index in [1.807, 2.05) is 0 Å². The zero-order valence-corrected chi connectivity index (χ0v) is 12.6. The van der Waals surface area contributed by atoms with Gasteiger partial charge in [-0.1, -0.05) is 10.4 Å². The van der Waals surface area contributed by atoms with Gasteiger partial charge in [-0.2, -0.15) is 0 Å². The molecule has 4 heterocycles. The molecular formula is C16H28N4. The van der Waals surface area contributed by atoms with Crippen molar-refractivity contribution in [3.05, 3.63) is 0 Å². The molecule has 4 aliphatic rings. The molecule has 0 unspecified atom stereocenters. The van der Waals surface area contributed by atoms with Crippen LogP contribution < -0.4 is 0 Å². The molecule has 0 amide bonds. The van der Waals surface area contributed by atoms with Gasteiger partial charge in [0.05, 0.1) is 0 Å². The lowest BCUT2D eigenvalue weighted by Crippen LogP contribution is -2.48. The van der Waals surface area contributed by atoms with E-state index in [0.29, 0.717) is 24.2 Å². The molecule has 0 spiro atoms. The van der Waals surface area contributed by atoms with Crippen LogP contribution in [0.1, 0.15) is 77.0 Å². The van der Waals surface area contributed by atoms with Crippen LogP contribution in [-0.2, 0) is 0 Å². The monoisotopic (exact) mass is 276 g/mol. The Balaban J connectivity index is 1.47. The SMILES string of the molecule is C1CC2CCCC(C1)N2N=NN1C2CCCC1CCC2. The molecular weight excluding hydrogens is 248 g/mol. The highest BCUT2D eigenvalue weighted by molar-refractivity contribution is 4.88. The van der Waals surface area contributed by atoms with Crippen LogP contribution in [-0.4, -0.2) is 34.2 Å². The average Bonchev–Trinajstić information content (AvgIpc) is 2.44. The van der Waals surface area contributed by atoms with Crippen molar-refractivity contribution in [1.29, 1.82) is 0 Å². The molecule has 112 valence electrons. The van der Waals surface area contributed by atoms with Gasteiger partial charge in [-0.25, -0.2) is 0 Å². The van der Waals surface area contributed by atoms with E-state index in [2.05, 4.69) is 10.0 Å². The second-order valence-corrected chi connectivity index (χ2v) is 7.28. The second kappa shape index (κ2) is 5.53. The maximum Gasteiger partial charge on any atom is 0.0491 e. The van der Waals surface area contributed by atoms with Gasteiger partial charge in [0.2, 0.25) is 0 Å². The van der Waals surface area contributed by atoms with E-state index < -0.39 is 0 Å². The van der Waals surface area contributed by atoms with Gasteiger partial charge in [0.1, 0.15) is 0 Å². The minimum absolute atomic E-state index is 0.691. The molecule has 4 saturated heterocycles. The Morgan fingerprint density at radius 2 is 0.700 bits per heavy atom. The first-order chi connectivity index (χ1) is 9.92. The van der Waals surface area contributed by atoms with E-state index in [1.54, 1.807) is 0 Å². The smallest absolute Gasteiger partial charge is 0.0491 e. The molecule has 4 aliphatic heterocycles. The standard InChI is InChI=1S/C16H28N4/c1-5-13-7-2-8-14(6-1)19(13)17-18-20-15-9-3-10-16(20)12-4-11-15/h13-16H,1-12H2. The van der Waals surface area contributed by atoms with Crippen molar-refractivity contribution in [2.24, 2.45) is 10.4 Å². The molecule has 0 saturated carbocycles. The van der Waals surface area contributed by atoms with Crippen molar-refractivity contribution in [2.45, 2.75) is 101 Å². The predicted molar refractivity (Wildman–Crippen MR) is 79.1 cm³/mol. The molecule has 0 N–H and O–H groups in total. The van der Waals surface area contributed by atoms with E-state index in [-0.39, 0.29) is 0 Å². The number of nitrogens with zero attached hydrogens (tertiary/aromatic N) is 4. The summed E-state index contributed by atoms with van der Waals surface area (Å²) in [5.41, 5.74) is 0. The van der Waals surface area contributed by atoms with E-state index in [0.717, 1.165) is 0 Å². The van der Waals surface area contributed by atoms with Crippen molar-refractivity contribution in [3.63, 3.8) is 0 Å². The lowest BCUT2D eigenvalue weighted by Gasteiger charge is -2.46. The zero-order chi connectivity index (χ0) is 13.4. The van der Waals surface area contributed by atoms with Gasteiger partial charge >= 0.3 is 0 Å². The highest BCUT2D eigenvalue weighted by Crippen LogP contribution is 2.36. The van der Waals surface area contributed by atoms with Crippen molar-refractivity contribution in [1.82, 2.24) is 10.0 Å². The molecule has 4 bridgehead atoms. The van der Waals surface area contributed by atoms with Crippen LogP contribution >= 0.6 is 0 Å². The summed E-state index contributed by atoms with van der Waals surface area (Å²) in [5, 5.41) is 14.3. The van der Waals surface area contributed by atoms with Crippen LogP contribution in [0.2, 0.25) is 0 Å². The molecule has 4 rings (SSSR count). The van der Waals surface area contributed by atoms with Gasteiger partial charge in [-0.3, -0.25) is 10.0 Å². The second-order valence-electron chi connectivity index (χ2n) is 7.28. The van der Waals surface area contributed by atoms with E-state index >= 15 is 0 Å². The summed E-state index contributed by atoms with van der Waals surface area (Å²) in [5.74, 6) is 0. The lowest BCUT2D eigenvalue weighted by molar-refractivity contribution is -0.00777. The van der Waals surface area contributed by atoms with Crippen molar-refractivity contribution in [3.8, 4) is 0 Å². The Morgan fingerprint density at radius 1 is 0.450 bits per heavy atom. The fourth-order valence-electron chi connectivity index (χ4n) is 4.97. The Labute approximate surface area is 122 Å². The maximum atomic E-state index is 4.76. The fourth-order valence-corrected chi connectivity index (χ4v) is 4.97. The third-order valence-corrected chi connectivity index (χ3v) is 6.04. The van der Waals surface area contributed by atoms with Crippen molar-refractivity contribution in [2.75, 3.05) is 0 Å². The summed E-state index contributed by atoms with van der Waals surface area (Å²) in [6, 6.07) is 2.76. The summed E-state index contributed by atoms with van der Waals surface area (Å²) in [6.07, 6.45) is 16.3. The Kier molecular flexibility index (Phi) is 3.57. The van der Waals surface area contributed by atoms with Crippen molar-refractivity contribution < 1.29 is 0 Å². The molecule has 4 nitrogen and oxygen atoms in total. The minimum Gasteiger partial charge on any atom is -0.271 e. The summed E-state index contributed by atoms with van der Waals surface area (Å²) in [6.45, 7) is 0. The van der Waals surface area contributed by atoms with Gasteiger partial charge in [-0.15, -0.1) is 0 Å². The summed E-state index contributed by atoms with van der Waals surface area (Å²) in [4.78, 5) is 0. The Morgan fingerprint density at radius 3 is 0.950 bits per heavy atom. The number of hydrogen-bond acceptors (Lipinski definition) is 2. The quantitative estimate of drug-likeness (QED) is 0.712. The molecule has 4 fully saturated rings. The molecule has 0 radical (unpaired) electrons. The van der Waals surface area contributed by atoms with Gasteiger partial charge in [-0.05, 0) is 77.0 Å². The molecule has 0 aromatic rings. The van der Waals surface area contributed by atoms with Gasteiger partial charge in [0.15, 0.2) is 0 Å². The number of rotatable bonds is 2. The third kappa shape index (κ3) is 2.31. The first-order valence-corrected chi connectivity index (χ1v) is 8.90. The fraction of sp³-hybridized carbons (Fsp3) is 1.00. The Hall–Kier alpha value is -0.800. The van der Waals surface area contributed by atoms with Crippen LogP contribution in [0, 0.1) is 0 Å². The summed E-state index contributed by atoms with van der Waals surface area (Å²) in [7, 11) is 0. The van der Waals surface area contributed by atoms with Crippen LogP contribution in [0.5, 0.6) is 0 Å². The highest BCUT2D eigenvalue weighted by Gasteiger charge is 2.36. The molecule has 0 aliphatic carbocycles. The summed E-state index contributed by atoms with van der Waals surface area (Å²) >= 11 is 0. The van der Waals surface area contributed by atoms with E-state index in [4.69, 9.17) is 10.4 Å². The largest absolute Gasteiger partial charge is 0.271 e. The first-order valence-electron chi connectivity index (χ1n) is 8.90. The van der Waals surface area contributed by atoms with Crippen LogP contribution in [0.3, 0.4) is 0 Å². The Bertz CT molecular complexity index is 291. The minimum atomic E-state index is 0.691. The van der Waals surface area contributed by atoms with Gasteiger partial charge in [0, 0.05) is 24.2 Å². The van der Waals surface area contributed by atoms with Crippen LogP contribution in [0.15, 0.2) is 10.4 Å². The summed E-state index contributed by atoms with van der Waals surface area (Å²) < 4.78 is 0. The topological polar surface area (TPSA) is 31.2 Å². The third-order valence-electron chi connectivity index (χ3n) is 6.04. The van der Waals surface area contributed by atoms with Gasteiger partial charge in [0.25, 0.3) is 0 Å². The number of hydrogen-bond donors (Lipinski definition) is 0. The highest BCUT2D eigenvalue weighted by atomic mass is 15.7. The normalized spacial score (nSPS) is 41.2. The molecule has 0 aromatic carbocycles. The molecule has 4 heteroatoms. The van der Waals surface area contributed by atoms with Crippen LogP contribution in [0.4, 0.5) is 0 Å². The molecule has 20 heavy (non-hydrogen) atoms. The zero-order valence-electron chi connectivity index (χ0n) is 12.6. The number of piperidine rings is 4. The lowest BCUT2D eigenvalue weighted by atomic mass is 9.86. The van der Waals surface area contributed by atoms with E-state index in [1.165, 1.54) is 77.0 Å². The molecule has 0 aromatic heterocycles. The predicted octanol–water partition coefficient (Wildman–Crippen LogP) is 4.08. The average molecular weight is 276 g/mol. The van der Waals surface area contributed by atoms with Gasteiger partial charge < -0.3 is 0 Å². The number of fused-ring (bicyclic) bond motifs is 4. The maximum absolute atomic E-state index is 4.76. The molecule has 0 atom stereocenters.